The summed E-state index contributed by atoms with van der Waals surface area (Å²) < 4.78 is 38.8. The maximum Gasteiger partial charge on any atom is 0.272 e. The highest BCUT2D eigenvalue weighted by Crippen LogP contribution is 2.37. The molecule has 0 spiro atoms. The standard InChI is InChI=1S/C15H25ClO4SSi/c1-15(2,3)22(4,5)20-10-9-14(21(17,18)19)12-7-6-8-13(16)11-12/h6-8,11,14H,9-10H2,1-5H3,(H,17,18,19)/t14-/m1/s1. The van der Waals surface area contributed by atoms with E-state index in [1.165, 1.54) is 0 Å². The average Bonchev–Trinajstić information content (AvgIpc) is 2.31. The van der Waals surface area contributed by atoms with Gasteiger partial charge in [0.1, 0.15) is 5.25 Å². The molecule has 0 bridgehead atoms. The van der Waals surface area contributed by atoms with E-state index in [0.29, 0.717) is 10.6 Å². The Labute approximate surface area is 139 Å². The van der Waals surface area contributed by atoms with Crippen molar-refractivity contribution in [2.24, 2.45) is 0 Å². The minimum absolute atomic E-state index is 0.0522. The van der Waals surface area contributed by atoms with Crippen molar-refractivity contribution in [3.63, 3.8) is 0 Å². The van der Waals surface area contributed by atoms with Gasteiger partial charge in [0.2, 0.25) is 0 Å². The van der Waals surface area contributed by atoms with Crippen LogP contribution in [0.4, 0.5) is 0 Å². The minimum Gasteiger partial charge on any atom is -0.417 e. The zero-order valence-corrected chi connectivity index (χ0v) is 16.3. The van der Waals surface area contributed by atoms with Crippen LogP contribution in [0, 0.1) is 0 Å². The van der Waals surface area contributed by atoms with Gasteiger partial charge >= 0.3 is 0 Å². The fraction of sp³-hybridized carbons (Fsp3) is 0.600. The van der Waals surface area contributed by atoms with Crippen molar-refractivity contribution in [2.75, 3.05) is 6.61 Å². The van der Waals surface area contributed by atoms with Crippen LogP contribution in [0.2, 0.25) is 23.2 Å². The molecule has 0 saturated heterocycles. The molecule has 0 heterocycles. The van der Waals surface area contributed by atoms with E-state index in [9.17, 15) is 13.0 Å². The summed E-state index contributed by atoms with van der Waals surface area (Å²) in [4.78, 5) is 0. The number of halogens is 1. The second kappa shape index (κ2) is 7.01. The Hall–Kier alpha value is -0.403. The molecule has 0 aliphatic carbocycles. The van der Waals surface area contributed by atoms with Crippen molar-refractivity contribution in [1.29, 1.82) is 0 Å². The summed E-state index contributed by atoms with van der Waals surface area (Å²) in [6, 6.07) is 6.55. The summed E-state index contributed by atoms with van der Waals surface area (Å²) in [6.45, 7) is 10.9. The first kappa shape index (κ1) is 19.6. The Balaban J connectivity index is 2.86. The molecule has 0 fully saturated rings. The lowest BCUT2D eigenvalue weighted by atomic mass is 10.1. The van der Waals surface area contributed by atoms with Crippen molar-refractivity contribution in [1.82, 2.24) is 0 Å². The van der Waals surface area contributed by atoms with Gasteiger partial charge in [0.05, 0.1) is 0 Å². The second-order valence-electron chi connectivity index (χ2n) is 6.96. The average molecular weight is 365 g/mol. The monoisotopic (exact) mass is 364 g/mol. The molecule has 0 aliphatic heterocycles. The van der Waals surface area contributed by atoms with Crippen LogP contribution in [-0.4, -0.2) is 27.9 Å². The van der Waals surface area contributed by atoms with Crippen LogP contribution in [0.1, 0.15) is 38.0 Å². The Morgan fingerprint density at radius 1 is 1.32 bits per heavy atom. The summed E-state index contributed by atoms with van der Waals surface area (Å²) in [7, 11) is -6.16. The fourth-order valence-electron chi connectivity index (χ4n) is 1.83. The first-order valence-electron chi connectivity index (χ1n) is 7.20. The van der Waals surface area contributed by atoms with Crippen LogP contribution >= 0.6 is 11.6 Å². The molecule has 0 aromatic heterocycles. The van der Waals surface area contributed by atoms with Crippen LogP contribution < -0.4 is 0 Å². The third kappa shape index (κ3) is 5.35. The highest BCUT2D eigenvalue weighted by Gasteiger charge is 2.37. The van der Waals surface area contributed by atoms with E-state index in [1.807, 2.05) is 0 Å². The molecule has 1 N–H and O–H groups in total. The number of hydrogen-bond donors (Lipinski definition) is 1. The third-order valence-corrected chi connectivity index (χ3v) is 10.2. The lowest BCUT2D eigenvalue weighted by Crippen LogP contribution is -2.41. The van der Waals surface area contributed by atoms with E-state index in [4.69, 9.17) is 16.0 Å². The first-order chi connectivity index (χ1) is 9.84. The summed E-state index contributed by atoms with van der Waals surface area (Å²) in [6.07, 6.45) is 0.200. The lowest BCUT2D eigenvalue weighted by Gasteiger charge is -2.36. The highest BCUT2D eigenvalue weighted by atomic mass is 35.5. The van der Waals surface area contributed by atoms with Gasteiger partial charge in [-0.15, -0.1) is 0 Å². The quantitative estimate of drug-likeness (QED) is 0.587. The molecule has 22 heavy (non-hydrogen) atoms. The van der Waals surface area contributed by atoms with Crippen LogP contribution in [0.5, 0.6) is 0 Å². The van der Waals surface area contributed by atoms with Gasteiger partial charge in [0.25, 0.3) is 10.1 Å². The summed E-state index contributed by atoms with van der Waals surface area (Å²) in [5, 5.41) is -0.524. The highest BCUT2D eigenvalue weighted by molar-refractivity contribution is 7.86. The number of benzene rings is 1. The molecule has 1 aromatic carbocycles. The van der Waals surface area contributed by atoms with E-state index >= 15 is 0 Å². The number of rotatable bonds is 6. The molecule has 7 heteroatoms. The van der Waals surface area contributed by atoms with Gasteiger partial charge in [-0.3, -0.25) is 4.55 Å². The zero-order chi connectivity index (χ0) is 17.2. The van der Waals surface area contributed by atoms with Gasteiger partial charge in [0.15, 0.2) is 8.32 Å². The molecular weight excluding hydrogens is 340 g/mol. The van der Waals surface area contributed by atoms with Gasteiger partial charge in [0, 0.05) is 11.6 Å². The Kier molecular flexibility index (Phi) is 6.26. The van der Waals surface area contributed by atoms with Crippen molar-refractivity contribution in [3.05, 3.63) is 34.9 Å². The SMILES string of the molecule is CC(C)(C)[Si](C)(C)OCC[C@H](c1cccc(Cl)c1)S(=O)(=O)O. The number of hydrogen-bond acceptors (Lipinski definition) is 3. The molecule has 0 aliphatic rings. The van der Waals surface area contributed by atoms with Crippen molar-refractivity contribution in [3.8, 4) is 0 Å². The minimum atomic E-state index is -4.21. The summed E-state index contributed by atoms with van der Waals surface area (Å²) in [5.74, 6) is 0. The molecule has 4 nitrogen and oxygen atoms in total. The molecular formula is C15H25ClO4SSi. The summed E-state index contributed by atoms with van der Waals surface area (Å²) in [5.41, 5.74) is 0.480. The molecule has 0 radical (unpaired) electrons. The predicted octanol–water partition coefficient (Wildman–Crippen LogP) is 4.68. The first-order valence-corrected chi connectivity index (χ1v) is 12.0. The third-order valence-electron chi connectivity index (χ3n) is 4.23. The van der Waals surface area contributed by atoms with Gasteiger partial charge in [-0.1, -0.05) is 44.5 Å². The van der Waals surface area contributed by atoms with Crippen LogP contribution in [0.15, 0.2) is 24.3 Å². The maximum absolute atomic E-state index is 11.7. The van der Waals surface area contributed by atoms with E-state index in [-0.39, 0.29) is 18.1 Å². The molecule has 1 atom stereocenters. The molecule has 0 saturated carbocycles. The molecule has 1 aromatic rings. The molecule has 126 valence electrons. The van der Waals surface area contributed by atoms with Crippen molar-refractivity contribution in [2.45, 2.75) is 50.6 Å². The Bertz CT molecular complexity index is 608. The van der Waals surface area contributed by atoms with Crippen molar-refractivity contribution < 1.29 is 17.4 Å². The molecule has 0 unspecified atom stereocenters. The van der Waals surface area contributed by atoms with E-state index in [2.05, 4.69) is 33.9 Å². The maximum atomic E-state index is 11.7. The van der Waals surface area contributed by atoms with E-state index in [1.54, 1.807) is 24.3 Å². The second-order valence-corrected chi connectivity index (χ2v) is 13.8. The zero-order valence-electron chi connectivity index (χ0n) is 13.8. The fourth-order valence-corrected chi connectivity index (χ4v) is 3.98. The Morgan fingerprint density at radius 3 is 2.36 bits per heavy atom. The van der Waals surface area contributed by atoms with Crippen LogP contribution in [0.25, 0.3) is 0 Å². The smallest absolute Gasteiger partial charge is 0.272 e. The van der Waals surface area contributed by atoms with Crippen LogP contribution in [0.3, 0.4) is 0 Å². The van der Waals surface area contributed by atoms with Crippen molar-refractivity contribution >= 4 is 30.0 Å². The van der Waals surface area contributed by atoms with Gasteiger partial charge < -0.3 is 4.43 Å². The normalized spacial score (nSPS) is 14.9. The topological polar surface area (TPSA) is 63.6 Å². The van der Waals surface area contributed by atoms with Gasteiger partial charge in [-0.2, -0.15) is 8.42 Å². The predicted molar refractivity (Wildman–Crippen MR) is 93.5 cm³/mol. The molecule has 1 rings (SSSR count). The Morgan fingerprint density at radius 2 is 1.91 bits per heavy atom. The summed E-state index contributed by atoms with van der Waals surface area (Å²) >= 11 is 5.90. The molecule has 0 amide bonds. The lowest BCUT2D eigenvalue weighted by molar-refractivity contribution is 0.278. The van der Waals surface area contributed by atoms with Crippen LogP contribution in [-0.2, 0) is 14.5 Å². The van der Waals surface area contributed by atoms with Gasteiger partial charge in [-0.25, -0.2) is 0 Å². The van der Waals surface area contributed by atoms with E-state index in [0.717, 1.165) is 0 Å². The van der Waals surface area contributed by atoms with E-state index < -0.39 is 23.7 Å². The largest absolute Gasteiger partial charge is 0.417 e. The van der Waals surface area contributed by atoms with Gasteiger partial charge in [-0.05, 0) is 42.2 Å².